The molecule has 198 valence electrons. The summed E-state index contributed by atoms with van der Waals surface area (Å²) in [6.45, 7) is 1.04. The van der Waals surface area contributed by atoms with E-state index in [2.05, 4.69) is 5.32 Å². The molecular weight excluding hydrogens is 472 g/mol. The van der Waals surface area contributed by atoms with Gasteiger partial charge in [0.1, 0.15) is 18.4 Å². The number of nitrogens with one attached hydrogen (secondary N) is 1. The van der Waals surface area contributed by atoms with Crippen molar-refractivity contribution in [3.8, 4) is 17.2 Å². The van der Waals surface area contributed by atoms with Crippen LogP contribution in [0.15, 0.2) is 48.5 Å². The molecule has 37 heavy (non-hydrogen) atoms. The van der Waals surface area contributed by atoms with Gasteiger partial charge in [-0.15, -0.1) is 0 Å². The molecule has 2 amide bonds. The van der Waals surface area contributed by atoms with Gasteiger partial charge in [0.05, 0.1) is 13.2 Å². The second kappa shape index (κ2) is 11.9. The largest absolute Gasteiger partial charge is 0.497 e. The molecule has 3 aliphatic rings. The lowest BCUT2D eigenvalue weighted by atomic mass is 9.94. The fraction of sp³-hybridized carbons (Fsp3) is 0.517. The molecule has 0 bridgehead atoms. The standard InChI is InChI=1S/C29H36N2O6/c1-34-22-15-13-20(14-16-22)27(28(32)30-21-8-3-2-4-9-21)31(18-23-10-7-17-35-23)29(33)26-19-36-24-11-5-6-12-25(24)37-26/h5-6,11-16,21,23,26-27H,2-4,7-10,17-19H2,1H3,(H,30,32)/t23-,26-,27-/m0/s1. The van der Waals surface area contributed by atoms with Crippen LogP contribution in [0.5, 0.6) is 17.2 Å². The summed E-state index contributed by atoms with van der Waals surface area (Å²) in [7, 11) is 1.60. The lowest BCUT2D eigenvalue weighted by molar-refractivity contribution is -0.150. The zero-order chi connectivity index (χ0) is 25.6. The van der Waals surface area contributed by atoms with E-state index in [4.69, 9.17) is 18.9 Å². The van der Waals surface area contributed by atoms with E-state index in [1.54, 1.807) is 18.1 Å². The fourth-order valence-electron chi connectivity index (χ4n) is 5.44. The number of carbonyl (C=O) groups is 2. The van der Waals surface area contributed by atoms with E-state index in [0.29, 0.717) is 30.4 Å². The summed E-state index contributed by atoms with van der Waals surface area (Å²) in [5.74, 6) is 1.36. The highest BCUT2D eigenvalue weighted by atomic mass is 16.6. The van der Waals surface area contributed by atoms with Crippen LogP contribution in [0.4, 0.5) is 0 Å². The van der Waals surface area contributed by atoms with Crippen molar-refractivity contribution in [1.29, 1.82) is 0 Å². The van der Waals surface area contributed by atoms with Crippen LogP contribution < -0.4 is 19.5 Å². The molecule has 2 aromatic rings. The van der Waals surface area contributed by atoms with Crippen LogP contribution in [0.25, 0.3) is 0 Å². The van der Waals surface area contributed by atoms with E-state index in [1.807, 2.05) is 42.5 Å². The van der Waals surface area contributed by atoms with Crippen LogP contribution >= 0.6 is 0 Å². The highest BCUT2D eigenvalue weighted by Crippen LogP contribution is 2.33. The summed E-state index contributed by atoms with van der Waals surface area (Å²) in [4.78, 5) is 29.6. The molecule has 1 N–H and O–H groups in total. The molecular formula is C29H36N2O6. The van der Waals surface area contributed by atoms with Gasteiger partial charge in [-0.2, -0.15) is 0 Å². The summed E-state index contributed by atoms with van der Waals surface area (Å²) < 4.78 is 23.2. The van der Waals surface area contributed by atoms with Gasteiger partial charge in [-0.25, -0.2) is 0 Å². The summed E-state index contributed by atoms with van der Waals surface area (Å²) in [6.07, 6.45) is 6.08. The normalized spacial score (nSPS) is 22.2. The van der Waals surface area contributed by atoms with Crippen LogP contribution in [0, 0.1) is 0 Å². The average molecular weight is 509 g/mol. The topological polar surface area (TPSA) is 86.3 Å². The predicted octanol–water partition coefficient (Wildman–Crippen LogP) is 4.03. The molecule has 2 fully saturated rings. The number of para-hydroxylation sites is 2. The summed E-state index contributed by atoms with van der Waals surface area (Å²) in [5.41, 5.74) is 0.720. The summed E-state index contributed by atoms with van der Waals surface area (Å²) >= 11 is 0. The Labute approximate surface area is 218 Å². The zero-order valence-electron chi connectivity index (χ0n) is 21.4. The van der Waals surface area contributed by atoms with Gasteiger partial charge in [-0.05, 0) is 55.5 Å². The van der Waals surface area contributed by atoms with E-state index in [1.165, 1.54) is 6.42 Å². The molecule has 0 aromatic heterocycles. The number of rotatable bonds is 8. The molecule has 0 unspecified atom stereocenters. The Hall–Kier alpha value is -3.26. The van der Waals surface area contributed by atoms with Gasteiger partial charge < -0.3 is 29.2 Å². The third-order valence-corrected chi connectivity index (χ3v) is 7.43. The molecule has 2 aliphatic heterocycles. The van der Waals surface area contributed by atoms with Crippen molar-refractivity contribution in [1.82, 2.24) is 10.2 Å². The molecule has 1 saturated heterocycles. The third-order valence-electron chi connectivity index (χ3n) is 7.43. The van der Waals surface area contributed by atoms with Crippen molar-refractivity contribution in [3.05, 3.63) is 54.1 Å². The minimum absolute atomic E-state index is 0.0808. The van der Waals surface area contributed by atoms with Crippen LogP contribution in [0.3, 0.4) is 0 Å². The fourth-order valence-corrected chi connectivity index (χ4v) is 5.44. The smallest absolute Gasteiger partial charge is 0.268 e. The quantitative estimate of drug-likeness (QED) is 0.580. The average Bonchev–Trinajstić information content (AvgIpc) is 3.46. The van der Waals surface area contributed by atoms with E-state index >= 15 is 0 Å². The Balaban J connectivity index is 1.46. The first kappa shape index (κ1) is 25.4. The van der Waals surface area contributed by atoms with E-state index in [9.17, 15) is 9.59 Å². The highest BCUT2D eigenvalue weighted by Gasteiger charge is 2.40. The van der Waals surface area contributed by atoms with Crippen LogP contribution in [-0.4, -0.2) is 61.8 Å². The van der Waals surface area contributed by atoms with E-state index in [-0.39, 0.29) is 30.6 Å². The van der Waals surface area contributed by atoms with Gasteiger partial charge in [0.25, 0.3) is 5.91 Å². The number of benzene rings is 2. The second-order valence-electron chi connectivity index (χ2n) is 10.0. The van der Waals surface area contributed by atoms with Crippen molar-refractivity contribution < 1.29 is 28.5 Å². The number of carbonyl (C=O) groups excluding carboxylic acids is 2. The Bertz CT molecular complexity index is 1060. The molecule has 0 radical (unpaired) electrons. The molecule has 0 spiro atoms. The first-order valence-electron chi connectivity index (χ1n) is 13.4. The Morgan fingerprint density at radius 1 is 1.00 bits per heavy atom. The van der Waals surface area contributed by atoms with Crippen molar-refractivity contribution in [2.75, 3.05) is 26.9 Å². The van der Waals surface area contributed by atoms with Crippen molar-refractivity contribution >= 4 is 11.8 Å². The predicted molar refractivity (Wildman–Crippen MR) is 138 cm³/mol. The summed E-state index contributed by atoms with van der Waals surface area (Å²) in [5, 5.41) is 3.25. The number of nitrogens with zero attached hydrogens (tertiary/aromatic N) is 1. The second-order valence-corrected chi connectivity index (χ2v) is 10.0. The lowest BCUT2D eigenvalue weighted by Gasteiger charge is -2.37. The molecule has 5 rings (SSSR count). The van der Waals surface area contributed by atoms with Crippen LogP contribution in [0.2, 0.25) is 0 Å². The van der Waals surface area contributed by atoms with Crippen LogP contribution in [-0.2, 0) is 14.3 Å². The van der Waals surface area contributed by atoms with Gasteiger partial charge in [-0.3, -0.25) is 9.59 Å². The van der Waals surface area contributed by atoms with Gasteiger partial charge in [0.2, 0.25) is 12.0 Å². The first-order chi connectivity index (χ1) is 18.1. The molecule has 2 heterocycles. The number of ether oxygens (including phenoxy) is 4. The van der Waals surface area contributed by atoms with Gasteiger partial charge >= 0.3 is 0 Å². The summed E-state index contributed by atoms with van der Waals surface area (Å²) in [6, 6.07) is 13.9. The maximum absolute atomic E-state index is 14.1. The number of amides is 2. The maximum Gasteiger partial charge on any atom is 0.268 e. The van der Waals surface area contributed by atoms with Crippen molar-refractivity contribution in [2.24, 2.45) is 0 Å². The van der Waals surface area contributed by atoms with Gasteiger partial charge in [-0.1, -0.05) is 43.5 Å². The molecule has 1 aliphatic carbocycles. The first-order valence-corrected chi connectivity index (χ1v) is 13.4. The van der Waals surface area contributed by atoms with Crippen molar-refractivity contribution in [2.45, 2.75) is 69.2 Å². The number of fused-ring (bicyclic) bond motifs is 1. The zero-order valence-corrected chi connectivity index (χ0v) is 21.4. The van der Waals surface area contributed by atoms with Gasteiger partial charge in [0, 0.05) is 19.2 Å². The minimum atomic E-state index is -0.862. The van der Waals surface area contributed by atoms with Crippen molar-refractivity contribution in [3.63, 3.8) is 0 Å². The maximum atomic E-state index is 14.1. The van der Waals surface area contributed by atoms with E-state index < -0.39 is 12.1 Å². The molecule has 1 saturated carbocycles. The Morgan fingerprint density at radius 2 is 1.76 bits per heavy atom. The highest BCUT2D eigenvalue weighted by molar-refractivity contribution is 5.91. The lowest BCUT2D eigenvalue weighted by Crippen LogP contribution is -2.54. The monoisotopic (exact) mass is 508 g/mol. The molecule has 8 nitrogen and oxygen atoms in total. The molecule has 3 atom stereocenters. The molecule has 8 heteroatoms. The Morgan fingerprint density at radius 3 is 2.46 bits per heavy atom. The molecule has 2 aromatic carbocycles. The number of methoxy groups -OCH3 is 1. The van der Waals surface area contributed by atoms with Gasteiger partial charge in [0.15, 0.2) is 11.5 Å². The minimum Gasteiger partial charge on any atom is -0.497 e. The van der Waals surface area contributed by atoms with Crippen LogP contribution in [0.1, 0.15) is 56.6 Å². The third kappa shape index (κ3) is 6.01. The number of hydrogen-bond donors (Lipinski definition) is 1. The van der Waals surface area contributed by atoms with E-state index in [0.717, 1.165) is 44.1 Å². The Kier molecular flexibility index (Phi) is 8.14. The number of hydrogen-bond acceptors (Lipinski definition) is 6. The SMILES string of the molecule is COc1ccc([C@@H](C(=O)NC2CCCCC2)N(C[C@@H]2CCCO2)C(=O)[C@@H]2COc3ccccc3O2)cc1.